The van der Waals surface area contributed by atoms with Gasteiger partial charge in [0.15, 0.2) is 0 Å². The van der Waals surface area contributed by atoms with Crippen molar-refractivity contribution in [2.75, 3.05) is 61.2 Å². The highest BCUT2D eigenvalue weighted by atomic mass is 31.2. The largest absolute Gasteiger partial charge is 0.756 e. The lowest BCUT2D eigenvalue weighted by Gasteiger charge is -2.28. The first kappa shape index (κ1) is 35.7. The van der Waals surface area contributed by atoms with E-state index in [0.717, 1.165) is 12.8 Å². The second-order valence-electron chi connectivity index (χ2n) is 10.8. The summed E-state index contributed by atoms with van der Waals surface area (Å²) in [6.07, 6.45) is 23.6. The molecule has 0 rings (SSSR count). The minimum Gasteiger partial charge on any atom is -0.756 e. The van der Waals surface area contributed by atoms with E-state index in [1.807, 2.05) is 21.1 Å². The predicted octanol–water partition coefficient (Wildman–Crippen LogP) is 6.65. The summed E-state index contributed by atoms with van der Waals surface area (Å²) in [4.78, 5) is 11.9. The number of ether oxygens (including phenoxy) is 2. The molecular weight excluding hydrogens is 477 g/mol. The lowest BCUT2D eigenvalue weighted by Crippen LogP contribution is -2.37. The fourth-order valence-corrected chi connectivity index (χ4v) is 4.39. The number of unbranched alkanes of at least 4 members (excludes halogenated alkanes) is 13. The minimum absolute atomic E-state index is 0.0926. The zero-order valence-corrected chi connectivity index (χ0v) is 25.1. The van der Waals surface area contributed by atoms with E-state index < -0.39 is 13.9 Å². The molecular formula is C28H58NO6P. The smallest absolute Gasteiger partial charge is 0.268 e. The third kappa shape index (κ3) is 26.8. The van der Waals surface area contributed by atoms with Crippen molar-refractivity contribution in [1.29, 1.82) is 0 Å². The van der Waals surface area contributed by atoms with Crippen molar-refractivity contribution < 1.29 is 32.5 Å². The topological polar surface area (TPSA) is 77.1 Å². The maximum absolute atomic E-state index is 11.9. The van der Waals surface area contributed by atoms with Crippen LogP contribution in [0.5, 0.6) is 0 Å². The molecule has 7 nitrogen and oxygen atoms in total. The highest BCUT2D eigenvalue weighted by molar-refractivity contribution is 7.45. The maximum Gasteiger partial charge on any atom is 0.268 e. The first-order valence-corrected chi connectivity index (χ1v) is 15.8. The standard InChI is InChI=1S/C28H58NO6P/c1-6-7-8-9-10-11-12-13-14-15-16-17-18-19-20-21-22-24-33-26-28(32-5)27-35-36(30,31)34-25-23-29(2,3)4/h11-12,28H,6-10,13-27H2,1-5H3/b12-11-/t28-/m1/s1. The van der Waals surface area contributed by atoms with Gasteiger partial charge in [0.2, 0.25) is 0 Å². The molecule has 0 amide bonds. The van der Waals surface area contributed by atoms with Crippen LogP contribution in [0.3, 0.4) is 0 Å². The summed E-state index contributed by atoms with van der Waals surface area (Å²) in [5.41, 5.74) is 0. The van der Waals surface area contributed by atoms with Gasteiger partial charge in [0.25, 0.3) is 7.82 Å². The molecule has 0 bridgehead atoms. The van der Waals surface area contributed by atoms with E-state index >= 15 is 0 Å². The van der Waals surface area contributed by atoms with Gasteiger partial charge in [0.05, 0.1) is 34.4 Å². The average molecular weight is 536 g/mol. The van der Waals surface area contributed by atoms with E-state index in [1.54, 1.807) is 0 Å². The van der Waals surface area contributed by atoms with Crippen LogP contribution in [0.15, 0.2) is 12.2 Å². The van der Waals surface area contributed by atoms with Crippen molar-refractivity contribution in [2.24, 2.45) is 0 Å². The van der Waals surface area contributed by atoms with Crippen molar-refractivity contribution in [3.63, 3.8) is 0 Å². The van der Waals surface area contributed by atoms with Gasteiger partial charge in [-0.05, 0) is 32.1 Å². The number of phosphoric ester groups is 1. The van der Waals surface area contributed by atoms with Crippen LogP contribution in [-0.2, 0) is 23.1 Å². The molecule has 8 heteroatoms. The Balaban J connectivity index is 3.51. The molecule has 0 heterocycles. The molecule has 0 N–H and O–H groups in total. The van der Waals surface area contributed by atoms with E-state index in [1.165, 1.54) is 90.6 Å². The molecule has 0 spiro atoms. The van der Waals surface area contributed by atoms with Crippen LogP contribution in [0.2, 0.25) is 0 Å². The number of methoxy groups -OCH3 is 1. The number of nitrogens with zero attached hydrogens (tertiary/aromatic N) is 1. The van der Waals surface area contributed by atoms with Crippen LogP contribution in [0.1, 0.15) is 103 Å². The second kappa shape index (κ2) is 23.8. The normalized spacial score (nSPS) is 14.9. The van der Waals surface area contributed by atoms with Crippen molar-refractivity contribution in [3.05, 3.63) is 12.2 Å². The monoisotopic (exact) mass is 535 g/mol. The Bertz CT molecular complexity index is 553. The molecule has 0 aliphatic carbocycles. The first-order chi connectivity index (χ1) is 17.2. The van der Waals surface area contributed by atoms with Crippen molar-refractivity contribution in [3.8, 4) is 0 Å². The maximum atomic E-state index is 11.9. The molecule has 0 aromatic heterocycles. The Labute approximate surface area is 223 Å². The second-order valence-corrected chi connectivity index (χ2v) is 12.2. The average Bonchev–Trinajstić information content (AvgIpc) is 2.81. The van der Waals surface area contributed by atoms with Crippen LogP contribution >= 0.6 is 7.82 Å². The molecule has 0 aliphatic heterocycles. The molecule has 0 saturated carbocycles. The lowest BCUT2D eigenvalue weighted by molar-refractivity contribution is -0.870. The van der Waals surface area contributed by atoms with Crippen LogP contribution < -0.4 is 4.89 Å². The fraction of sp³-hybridized carbons (Fsp3) is 0.929. The zero-order chi connectivity index (χ0) is 27.0. The third-order valence-corrected chi connectivity index (χ3v) is 7.08. The molecule has 1 unspecified atom stereocenters. The van der Waals surface area contributed by atoms with Gasteiger partial charge in [-0.1, -0.05) is 83.3 Å². The van der Waals surface area contributed by atoms with Gasteiger partial charge in [-0.3, -0.25) is 4.57 Å². The number of quaternary nitrogens is 1. The Kier molecular flexibility index (Phi) is 23.6. The van der Waals surface area contributed by atoms with E-state index in [9.17, 15) is 9.46 Å². The molecule has 36 heavy (non-hydrogen) atoms. The summed E-state index contributed by atoms with van der Waals surface area (Å²) in [5.74, 6) is 0. The first-order valence-electron chi connectivity index (χ1n) is 14.4. The van der Waals surface area contributed by atoms with E-state index in [0.29, 0.717) is 24.2 Å². The van der Waals surface area contributed by atoms with Gasteiger partial charge in [0, 0.05) is 13.7 Å². The van der Waals surface area contributed by atoms with Crippen LogP contribution in [0.4, 0.5) is 0 Å². The van der Waals surface area contributed by atoms with Crippen LogP contribution in [0, 0.1) is 0 Å². The van der Waals surface area contributed by atoms with E-state index in [2.05, 4.69) is 19.1 Å². The molecule has 216 valence electrons. The summed E-state index contributed by atoms with van der Waals surface area (Å²) in [6, 6.07) is 0. The summed E-state index contributed by atoms with van der Waals surface area (Å²) in [7, 11) is 3.11. The molecule has 2 atom stereocenters. The quantitative estimate of drug-likeness (QED) is 0.0507. The van der Waals surface area contributed by atoms with E-state index in [-0.39, 0.29) is 13.2 Å². The summed E-state index contributed by atoms with van der Waals surface area (Å²) in [5, 5.41) is 0. The number of allylic oxidation sites excluding steroid dienone is 2. The Hall–Kier alpha value is -0.270. The summed E-state index contributed by atoms with van der Waals surface area (Å²) >= 11 is 0. The third-order valence-electron chi connectivity index (χ3n) is 6.12. The van der Waals surface area contributed by atoms with Crippen molar-refractivity contribution in [2.45, 2.75) is 109 Å². The van der Waals surface area contributed by atoms with Gasteiger partial charge in [0.1, 0.15) is 19.3 Å². The fourth-order valence-electron chi connectivity index (χ4n) is 3.67. The Morgan fingerprint density at radius 1 is 0.750 bits per heavy atom. The number of rotatable bonds is 27. The van der Waals surface area contributed by atoms with Gasteiger partial charge in [-0.2, -0.15) is 0 Å². The van der Waals surface area contributed by atoms with Crippen molar-refractivity contribution >= 4 is 7.82 Å². The van der Waals surface area contributed by atoms with Gasteiger partial charge < -0.3 is 27.9 Å². The number of hydrogen-bond acceptors (Lipinski definition) is 6. The predicted molar refractivity (Wildman–Crippen MR) is 148 cm³/mol. The molecule has 0 fully saturated rings. The molecule has 0 aliphatic rings. The van der Waals surface area contributed by atoms with Gasteiger partial charge in [-0.25, -0.2) is 0 Å². The lowest BCUT2D eigenvalue weighted by atomic mass is 10.1. The van der Waals surface area contributed by atoms with Crippen LogP contribution in [-0.4, -0.2) is 71.8 Å². The Morgan fingerprint density at radius 2 is 1.28 bits per heavy atom. The number of likely N-dealkylation sites (N-methyl/N-ethyl adjacent to an activating group) is 1. The molecule has 0 aromatic carbocycles. The highest BCUT2D eigenvalue weighted by Crippen LogP contribution is 2.38. The number of phosphoric acid groups is 1. The van der Waals surface area contributed by atoms with E-state index in [4.69, 9.17) is 18.5 Å². The van der Waals surface area contributed by atoms with Gasteiger partial charge in [-0.15, -0.1) is 0 Å². The molecule has 0 radical (unpaired) electrons. The summed E-state index contributed by atoms with van der Waals surface area (Å²) < 4.78 is 33.3. The Morgan fingerprint density at radius 3 is 1.81 bits per heavy atom. The number of hydrogen-bond donors (Lipinski definition) is 0. The minimum atomic E-state index is -4.32. The highest BCUT2D eigenvalue weighted by Gasteiger charge is 2.16. The SMILES string of the molecule is CCCCCC/C=C\CCCCCCCCCCCOC[C@H](COP(=O)([O-])OCC[N+](C)(C)C)OC. The van der Waals surface area contributed by atoms with Crippen molar-refractivity contribution in [1.82, 2.24) is 0 Å². The van der Waals surface area contributed by atoms with Crippen LogP contribution in [0.25, 0.3) is 0 Å². The van der Waals surface area contributed by atoms with Gasteiger partial charge >= 0.3 is 0 Å². The zero-order valence-electron chi connectivity index (χ0n) is 24.2. The molecule has 0 aromatic rings. The summed E-state index contributed by atoms with van der Waals surface area (Å²) in [6.45, 7) is 3.79. The molecule has 0 saturated heterocycles.